The zero-order valence-electron chi connectivity index (χ0n) is 13.5. The first-order valence-electron chi connectivity index (χ1n) is 7.49. The van der Waals surface area contributed by atoms with Crippen LogP contribution in [0.3, 0.4) is 0 Å². The average molecular weight is 348 g/mol. The smallest absolute Gasteiger partial charge is 0.404 e. The summed E-state index contributed by atoms with van der Waals surface area (Å²) in [5.41, 5.74) is 3.04. The summed E-state index contributed by atoms with van der Waals surface area (Å²) in [4.78, 5) is 15.4. The van der Waals surface area contributed by atoms with Crippen LogP contribution in [-0.2, 0) is 0 Å². The van der Waals surface area contributed by atoms with Crippen molar-refractivity contribution in [3.8, 4) is 5.75 Å². The van der Waals surface area contributed by atoms with E-state index in [1.54, 1.807) is 6.07 Å². The van der Waals surface area contributed by atoms with Gasteiger partial charge in [0.15, 0.2) is 5.75 Å². The molecule has 4 nitrogen and oxygen atoms in total. The highest BCUT2D eigenvalue weighted by molar-refractivity contribution is 6.07. The summed E-state index contributed by atoms with van der Waals surface area (Å²) in [7, 11) is 0. The number of anilines is 1. The molecule has 0 saturated heterocycles. The van der Waals surface area contributed by atoms with Gasteiger partial charge >= 0.3 is 6.36 Å². The fourth-order valence-corrected chi connectivity index (χ4v) is 2.69. The number of benzene rings is 2. The second-order valence-corrected chi connectivity index (χ2v) is 5.72. The molecule has 0 atom stereocenters. The SMILES string of the molecule is Cc1cc(C)c2cc(C(=O)Nc3ccccc3OC(F)(F)F)[nH]c2c1. The van der Waals surface area contributed by atoms with E-state index in [0.717, 1.165) is 28.1 Å². The van der Waals surface area contributed by atoms with Crippen LogP contribution in [0.15, 0.2) is 42.5 Å². The standard InChI is InChI=1S/C18H15F3N2O2/c1-10-7-11(2)12-9-15(22-14(12)8-10)17(24)23-13-5-3-4-6-16(13)25-18(19,20)21/h3-9,22H,1-2H3,(H,23,24). The minimum atomic E-state index is -4.84. The van der Waals surface area contributed by atoms with Gasteiger partial charge in [0.1, 0.15) is 5.69 Å². The van der Waals surface area contributed by atoms with Crippen molar-refractivity contribution in [3.05, 3.63) is 59.3 Å². The van der Waals surface area contributed by atoms with Crippen molar-refractivity contribution in [3.63, 3.8) is 0 Å². The van der Waals surface area contributed by atoms with Crippen LogP contribution in [0.2, 0.25) is 0 Å². The minimum Gasteiger partial charge on any atom is -0.404 e. The number of nitrogens with one attached hydrogen (secondary N) is 2. The molecule has 0 aliphatic carbocycles. The Morgan fingerprint density at radius 3 is 2.56 bits per heavy atom. The molecule has 130 valence electrons. The van der Waals surface area contributed by atoms with E-state index in [1.807, 2.05) is 26.0 Å². The normalized spacial score (nSPS) is 11.6. The number of H-pyrrole nitrogens is 1. The number of hydrogen-bond donors (Lipinski definition) is 2. The molecular formula is C18H15F3N2O2. The number of halogens is 3. The van der Waals surface area contributed by atoms with E-state index in [2.05, 4.69) is 15.0 Å². The number of hydrogen-bond acceptors (Lipinski definition) is 2. The zero-order valence-corrected chi connectivity index (χ0v) is 13.5. The number of alkyl halides is 3. The van der Waals surface area contributed by atoms with E-state index in [1.165, 1.54) is 18.2 Å². The summed E-state index contributed by atoms with van der Waals surface area (Å²) in [5, 5.41) is 3.33. The maximum absolute atomic E-state index is 12.5. The molecule has 7 heteroatoms. The summed E-state index contributed by atoms with van der Waals surface area (Å²) in [6.45, 7) is 3.87. The third-order valence-corrected chi connectivity index (χ3v) is 3.69. The van der Waals surface area contributed by atoms with Gasteiger partial charge in [0.2, 0.25) is 0 Å². The Morgan fingerprint density at radius 2 is 1.84 bits per heavy atom. The van der Waals surface area contributed by atoms with Crippen molar-refractivity contribution in [2.75, 3.05) is 5.32 Å². The largest absolute Gasteiger partial charge is 0.573 e. The molecule has 1 amide bonds. The predicted octanol–water partition coefficient (Wildman–Crippen LogP) is 4.94. The monoisotopic (exact) mass is 348 g/mol. The van der Waals surface area contributed by atoms with Crippen molar-refractivity contribution in [1.29, 1.82) is 0 Å². The molecule has 1 aromatic heterocycles. The highest BCUT2D eigenvalue weighted by Crippen LogP contribution is 2.30. The minimum absolute atomic E-state index is 0.0589. The van der Waals surface area contributed by atoms with Gasteiger partial charge in [-0.3, -0.25) is 4.79 Å². The third-order valence-electron chi connectivity index (χ3n) is 3.69. The number of aromatic nitrogens is 1. The van der Waals surface area contributed by atoms with Crippen LogP contribution in [0, 0.1) is 13.8 Å². The average Bonchev–Trinajstić information content (AvgIpc) is 2.92. The Morgan fingerprint density at radius 1 is 1.12 bits per heavy atom. The molecule has 2 N–H and O–H groups in total. The van der Waals surface area contributed by atoms with E-state index in [9.17, 15) is 18.0 Å². The number of aromatic amines is 1. The van der Waals surface area contributed by atoms with Crippen LogP contribution in [0.5, 0.6) is 5.75 Å². The van der Waals surface area contributed by atoms with E-state index in [4.69, 9.17) is 0 Å². The molecule has 0 spiro atoms. The molecule has 0 fully saturated rings. The molecule has 2 aromatic carbocycles. The first-order valence-corrected chi connectivity index (χ1v) is 7.49. The summed E-state index contributed by atoms with van der Waals surface area (Å²) < 4.78 is 41.3. The van der Waals surface area contributed by atoms with Crippen LogP contribution in [0.1, 0.15) is 21.6 Å². The molecule has 25 heavy (non-hydrogen) atoms. The topological polar surface area (TPSA) is 54.1 Å². The van der Waals surface area contributed by atoms with E-state index in [0.29, 0.717) is 0 Å². The Hall–Kier alpha value is -2.96. The highest BCUT2D eigenvalue weighted by atomic mass is 19.4. The molecule has 0 aliphatic rings. The van der Waals surface area contributed by atoms with Gasteiger partial charge in [-0.1, -0.05) is 18.2 Å². The van der Waals surface area contributed by atoms with Crippen molar-refractivity contribution < 1.29 is 22.7 Å². The van der Waals surface area contributed by atoms with Crippen molar-refractivity contribution in [1.82, 2.24) is 4.98 Å². The first kappa shape index (κ1) is 16.9. The predicted molar refractivity (Wildman–Crippen MR) is 88.9 cm³/mol. The molecular weight excluding hydrogens is 333 g/mol. The van der Waals surface area contributed by atoms with Gasteiger partial charge in [-0.25, -0.2) is 0 Å². The van der Waals surface area contributed by atoms with Gasteiger partial charge in [-0.2, -0.15) is 0 Å². The molecule has 3 rings (SSSR count). The summed E-state index contributed by atoms with van der Waals surface area (Å²) in [6.07, 6.45) is -4.84. The first-order chi connectivity index (χ1) is 11.7. The van der Waals surface area contributed by atoms with Crippen LogP contribution in [0.25, 0.3) is 10.9 Å². The van der Waals surface area contributed by atoms with E-state index >= 15 is 0 Å². The van der Waals surface area contributed by atoms with Gasteiger partial charge < -0.3 is 15.0 Å². The lowest BCUT2D eigenvalue weighted by atomic mass is 10.1. The molecule has 0 aliphatic heterocycles. The fraction of sp³-hybridized carbons (Fsp3) is 0.167. The Balaban J connectivity index is 1.89. The molecule has 0 radical (unpaired) electrons. The number of carbonyl (C=O) groups is 1. The fourth-order valence-electron chi connectivity index (χ4n) is 2.69. The van der Waals surface area contributed by atoms with Crippen LogP contribution < -0.4 is 10.1 Å². The summed E-state index contributed by atoms with van der Waals surface area (Å²) in [6, 6.07) is 11.0. The van der Waals surface area contributed by atoms with Gasteiger partial charge in [0.25, 0.3) is 5.91 Å². The Bertz CT molecular complexity index is 945. The Labute approximate surface area is 141 Å². The number of amides is 1. The van der Waals surface area contributed by atoms with E-state index in [-0.39, 0.29) is 11.4 Å². The summed E-state index contributed by atoms with van der Waals surface area (Å²) in [5.74, 6) is -1.02. The summed E-state index contributed by atoms with van der Waals surface area (Å²) >= 11 is 0. The molecule has 0 unspecified atom stereocenters. The highest BCUT2D eigenvalue weighted by Gasteiger charge is 2.32. The Kier molecular flexibility index (Phi) is 4.16. The quantitative estimate of drug-likeness (QED) is 0.705. The van der Waals surface area contributed by atoms with Gasteiger partial charge in [0.05, 0.1) is 5.69 Å². The lowest BCUT2D eigenvalue weighted by molar-refractivity contribution is -0.274. The molecule has 3 aromatic rings. The van der Waals surface area contributed by atoms with Gasteiger partial charge in [0, 0.05) is 10.9 Å². The van der Waals surface area contributed by atoms with Gasteiger partial charge in [-0.15, -0.1) is 13.2 Å². The second kappa shape index (κ2) is 6.16. The number of carbonyl (C=O) groups excluding carboxylic acids is 1. The van der Waals surface area contributed by atoms with Crippen LogP contribution >= 0.6 is 0 Å². The van der Waals surface area contributed by atoms with Crippen molar-refractivity contribution in [2.24, 2.45) is 0 Å². The number of para-hydroxylation sites is 2. The lowest BCUT2D eigenvalue weighted by Gasteiger charge is -2.13. The number of fused-ring (bicyclic) bond motifs is 1. The van der Waals surface area contributed by atoms with Crippen molar-refractivity contribution in [2.45, 2.75) is 20.2 Å². The molecule has 0 bridgehead atoms. The second-order valence-electron chi connectivity index (χ2n) is 5.72. The van der Waals surface area contributed by atoms with Crippen LogP contribution in [-0.4, -0.2) is 17.3 Å². The third kappa shape index (κ3) is 3.76. The van der Waals surface area contributed by atoms with E-state index < -0.39 is 18.0 Å². The number of rotatable bonds is 3. The zero-order chi connectivity index (χ0) is 18.2. The maximum atomic E-state index is 12.5. The molecule has 0 saturated carbocycles. The van der Waals surface area contributed by atoms with Crippen LogP contribution in [0.4, 0.5) is 18.9 Å². The number of aryl methyl sites for hydroxylation is 2. The van der Waals surface area contributed by atoms with Gasteiger partial charge in [-0.05, 0) is 49.2 Å². The number of ether oxygens (including phenoxy) is 1. The van der Waals surface area contributed by atoms with Crippen molar-refractivity contribution >= 4 is 22.5 Å². The maximum Gasteiger partial charge on any atom is 0.573 e. The molecule has 1 heterocycles. The lowest BCUT2D eigenvalue weighted by Crippen LogP contribution is -2.19.